The van der Waals surface area contributed by atoms with Gasteiger partial charge in [0.1, 0.15) is 0 Å². The van der Waals surface area contributed by atoms with Gasteiger partial charge in [-0.2, -0.15) is 0 Å². The largest absolute Gasteiger partial charge is 0.452 e. The predicted octanol–water partition coefficient (Wildman–Crippen LogP) is 4.52. The van der Waals surface area contributed by atoms with Crippen LogP contribution < -0.4 is 10.0 Å². The first-order chi connectivity index (χ1) is 14.0. The van der Waals surface area contributed by atoms with Gasteiger partial charge in [0.25, 0.3) is 5.91 Å². The molecule has 0 spiro atoms. The van der Waals surface area contributed by atoms with Crippen LogP contribution in [0.25, 0.3) is 0 Å². The number of carbonyl (C=O) groups excluding carboxylic acids is 2. The van der Waals surface area contributed by atoms with Crippen LogP contribution in [0.4, 0.5) is 5.69 Å². The predicted molar refractivity (Wildman–Crippen MR) is 117 cm³/mol. The van der Waals surface area contributed by atoms with Crippen molar-refractivity contribution < 1.29 is 22.7 Å². The third-order valence-electron chi connectivity index (χ3n) is 3.99. The second kappa shape index (κ2) is 10.5. The van der Waals surface area contributed by atoms with E-state index in [1.54, 1.807) is 6.92 Å². The zero-order chi connectivity index (χ0) is 22.5. The van der Waals surface area contributed by atoms with Crippen LogP contribution in [0, 0.1) is 0 Å². The molecule has 1 unspecified atom stereocenters. The average Bonchev–Trinajstić information content (AvgIpc) is 2.70. The molecule has 0 fully saturated rings. The summed E-state index contributed by atoms with van der Waals surface area (Å²) >= 11 is 17.7. The van der Waals surface area contributed by atoms with Gasteiger partial charge in [-0.25, -0.2) is 17.9 Å². The summed E-state index contributed by atoms with van der Waals surface area (Å²) in [5.41, 5.74) is 0.313. The van der Waals surface area contributed by atoms with Crippen LogP contribution in [-0.4, -0.2) is 32.9 Å². The Bertz CT molecular complexity index is 1040. The molecule has 162 valence electrons. The molecule has 1 amide bonds. The van der Waals surface area contributed by atoms with Gasteiger partial charge in [0.15, 0.2) is 6.61 Å². The first kappa shape index (κ1) is 24.4. The molecular weight excluding hydrogens is 475 g/mol. The Morgan fingerprint density at radius 1 is 1.03 bits per heavy atom. The van der Waals surface area contributed by atoms with Crippen LogP contribution in [0.2, 0.25) is 15.1 Å². The molecule has 2 rings (SSSR count). The quantitative estimate of drug-likeness (QED) is 0.416. The van der Waals surface area contributed by atoms with Gasteiger partial charge in [0, 0.05) is 6.04 Å². The fourth-order valence-electron chi connectivity index (χ4n) is 2.21. The average molecular weight is 494 g/mol. The van der Waals surface area contributed by atoms with E-state index in [-0.39, 0.29) is 37.3 Å². The van der Waals surface area contributed by atoms with Crippen LogP contribution in [0.5, 0.6) is 0 Å². The lowest BCUT2D eigenvalue weighted by Gasteiger charge is -2.12. The van der Waals surface area contributed by atoms with Crippen LogP contribution >= 0.6 is 34.8 Å². The second-order valence-corrected chi connectivity index (χ2v) is 9.26. The lowest BCUT2D eigenvalue weighted by atomic mass is 10.2. The number of amides is 1. The highest BCUT2D eigenvalue weighted by molar-refractivity contribution is 7.89. The summed E-state index contributed by atoms with van der Waals surface area (Å²) in [6, 6.07) is 7.72. The highest BCUT2D eigenvalue weighted by atomic mass is 35.5. The minimum Gasteiger partial charge on any atom is -0.452 e. The van der Waals surface area contributed by atoms with Gasteiger partial charge in [-0.05, 0) is 49.7 Å². The number of sulfonamides is 1. The number of hydrogen-bond donors (Lipinski definition) is 2. The molecule has 1 atom stereocenters. The lowest BCUT2D eigenvalue weighted by molar-refractivity contribution is -0.119. The number of halogens is 3. The summed E-state index contributed by atoms with van der Waals surface area (Å²) in [6.07, 6.45) is 0.638. The smallest absolute Gasteiger partial charge is 0.338 e. The van der Waals surface area contributed by atoms with Crippen molar-refractivity contribution in [1.29, 1.82) is 0 Å². The molecule has 0 saturated heterocycles. The molecule has 11 heteroatoms. The summed E-state index contributed by atoms with van der Waals surface area (Å²) in [6.45, 7) is 3.03. The van der Waals surface area contributed by atoms with Gasteiger partial charge >= 0.3 is 5.97 Å². The molecule has 0 aromatic heterocycles. The molecule has 0 aliphatic carbocycles. The summed E-state index contributed by atoms with van der Waals surface area (Å²) in [4.78, 5) is 24.1. The van der Waals surface area contributed by atoms with Crippen LogP contribution in [0.3, 0.4) is 0 Å². The number of ether oxygens (including phenoxy) is 1. The molecule has 0 bridgehead atoms. The van der Waals surface area contributed by atoms with E-state index >= 15 is 0 Å². The van der Waals surface area contributed by atoms with E-state index in [1.807, 2.05) is 6.92 Å². The standard InChI is InChI=1S/C19H19Cl3N2O5S/c1-3-11(2)24-30(27,28)13-6-4-12(5-7-13)19(26)29-10-18(25)23-17-9-15(21)14(20)8-16(17)22/h4-9,11,24H,3,10H2,1-2H3,(H,23,25). The number of anilines is 1. The normalized spacial score (nSPS) is 12.3. The summed E-state index contributed by atoms with van der Waals surface area (Å²) < 4.78 is 31.9. The van der Waals surface area contributed by atoms with Crippen molar-refractivity contribution >= 4 is 62.4 Å². The minimum absolute atomic E-state index is 0.0198. The Morgan fingerprint density at radius 3 is 2.23 bits per heavy atom. The molecular formula is C19H19Cl3N2O5S. The topological polar surface area (TPSA) is 102 Å². The van der Waals surface area contributed by atoms with Crippen LogP contribution in [0.1, 0.15) is 30.6 Å². The summed E-state index contributed by atoms with van der Waals surface area (Å²) in [5, 5.41) is 3.06. The molecule has 0 saturated carbocycles. The van der Waals surface area contributed by atoms with E-state index in [4.69, 9.17) is 39.5 Å². The van der Waals surface area contributed by atoms with Gasteiger partial charge in [-0.15, -0.1) is 0 Å². The molecule has 0 heterocycles. The maximum Gasteiger partial charge on any atom is 0.338 e. The number of hydrogen-bond acceptors (Lipinski definition) is 5. The Labute approximate surface area is 189 Å². The number of esters is 1. The monoisotopic (exact) mass is 492 g/mol. The van der Waals surface area contributed by atoms with Gasteiger partial charge < -0.3 is 10.1 Å². The molecule has 2 N–H and O–H groups in total. The van der Waals surface area contributed by atoms with Gasteiger partial charge in [0.2, 0.25) is 10.0 Å². The zero-order valence-corrected chi connectivity index (χ0v) is 19.1. The van der Waals surface area contributed by atoms with E-state index in [0.717, 1.165) is 0 Å². The van der Waals surface area contributed by atoms with E-state index in [2.05, 4.69) is 10.0 Å². The third-order valence-corrected chi connectivity index (χ3v) is 6.63. The first-order valence-electron chi connectivity index (χ1n) is 8.77. The van der Waals surface area contributed by atoms with E-state index in [9.17, 15) is 18.0 Å². The third kappa shape index (κ3) is 6.58. The molecule has 2 aromatic rings. The Kier molecular flexibility index (Phi) is 8.52. The van der Waals surface area contributed by atoms with E-state index < -0.39 is 28.5 Å². The zero-order valence-electron chi connectivity index (χ0n) is 16.0. The van der Waals surface area contributed by atoms with Crippen molar-refractivity contribution in [2.24, 2.45) is 0 Å². The number of benzene rings is 2. The van der Waals surface area contributed by atoms with Crippen molar-refractivity contribution in [2.75, 3.05) is 11.9 Å². The Hall–Kier alpha value is -1.84. The highest BCUT2D eigenvalue weighted by Crippen LogP contribution is 2.32. The number of nitrogens with one attached hydrogen (secondary N) is 2. The van der Waals surface area contributed by atoms with Gasteiger partial charge in [-0.1, -0.05) is 41.7 Å². The Morgan fingerprint density at radius 2 is 1.63 bits per heavy atom. The SMILES string of the molecule is CCC(C)NS(=O)(=O)c1ccc(C(=O)OCC(=O)Nc2cc(Cl)c(Cl)cc2Cl)cc1. The van der Waals surface area contributed by atoms with Crippen molar-refractivity contribution in [1.82, 2.24) is 4.72 Å². The van der Waals surface area contributed by atoms with Crippen molar-refractivity contribution in [2.45, 2.75) is 31.2 Å². The summed E-state index contributed by atoms with van der Waals surface area (Å²) in [5.74, 6) is -1.43. The second-order valence-electron chi connectivity index (χ2n) is 6.33. The number of rotatable bonds is 8. The molecule has 0 aliphatic rings. The minimum atomic E-state index is -3.68. The lowest BCUT2D eigenvalue weighted by Crippen LogP contribution is -2.32. The molecule has 2 aromatic carbocycles. The van der Waals surface area contributed by atoms with E-state index in [1.165, 1.54) is 36.4 Å². The van der Waals surface area contributed by atoms with Crippen LogP contribution in [0.15, 0.2) is 41.3 Å². The fraction of sp³-hybridized carbons (Fsp3) is 0.263. The molecule has 7 nitrogen and oxygen atoms in total. The highest BCUT2D eigenvalue weighted by Gasteiger charge is 2.18. The number of carbonyl (C=O) groups is 2. The Balaban J connectivity index is 1.96. The molecule has 30 heavy (non-hydrogen) atoms. The van der Waals surface area contributed by atoms with Gasteiger partial charge in [-0.3, -0.25) is 4.79 Å². The van der Waals surface area contributed by atoms with Crippen molar-refractivity contribution in [3.05, 3.63) is 57.0 Å². The van der Waals surface area contributed by atoms with E-state index in [0.29, 0.717) is 6.42 Å². The van der Waals surface area contributed by atoms with Gasteiger partial charge in [0.05, 0.1) is 31.2 Å². The molecule has 0 radical (unpaired) electrons. The van der Waals surface area contributed by atoms with Crippen molar-refractivity contribution in [3.63, 3.8) is 0 Å². The van der Waals surface area contributed by atoms with Crippen molar-refractivity contribution in [3.8, 4) is 0 Å². The summed E-state index contributed by atoms with van der Waals surface area (Å²) in [7, 11) is -3.68. The van der Waals surface area contributed by atoms with Crippen LogP contribution in [-0.2, 0) is 19.6 Å². The first-order valence-corrected chi connectivity index (χ1v) is 11.4. The maximum atomic E-state index is 12.2. The fourth-order valence-corrected chi connectivity index (χ4v) is 4.13. The maximum absolute atomic E-state index is 12.2. The molecule has 0 aliphatic heterocycles.